The van der Waals surface area contributed by atoms with E-state index in [2.05, 4.69) is 184 Å². The van der Waals surface area contributed by atoms with Crippen molar-refractivity contribution in [3.05, 3.63) is 174 Å². The molecule has 1 nitrogen and oxygen atoms in total. The molecule has 0 bridgehead atoms. The molecular formula is C48H37N. The van der Waals surface area contributed by atoms with Crippen LogP contribution in [0.4, 0.5) is 17.1 Å². The van der Waals surface area contributed by atoms with Crippen LogP contribution in [0.3, 0.4) is 0 Å². The number of benzene rings is 8. The number of anilines is 3. The number of hydrogen-bond donors (Lipinski definition) is 0. The van der Waals surface area contributed by atoms with E-state index >= 15 is 0 Å². The Morgan fingerprint density at radius 2 is 0.837 bits per heavy atom. The van der Waals surface area contributed by atoms with Crippen LogP contribution in [0, 0.1) is 0 Å². The highest BCUT2D eigenvalue weighted by molar-refractivity contribution is 6.14. The van der Waals surface area contributed by atoms with Crippen molar-refractivity contribution in [2.75, 3.05) is 4.90 Å². The highest BCUT2D eigenvalue weighted by Gasteiger charge is 2.42. The summed E-state index contributed by atoms with van der Waals surface area (Å²) >= 11 is 0. The van der Waals surface area contributed by atoms with Gasteiger partial charge in [0.05, 0.1) is 17.1 Å². The first-order valence-corrected chi connectivity index (χ1v) is 17.5. The molecule has 10 rings (SSSR count). The maximum atomic E-state index is 2.54. The smallest absolute Gasteiger partial charge is 0.0544 e. The Kier molecular flexibility index (Phi) is 5.75. The van der Waals surface area contributed by atoms with E-state index in [1.165, 1.54) is 93.9 Å². The molecule has 0 saturated heterocycles. The second kappa shape index (κ2) is 9.94. The second-order valence-corrected chi connectivity index (χ2v) is 14.9. The van der Waals surface area contributed by atoms with Gasteiger partial charge in [-0.3, -0.25) is 0 Å². The maximum Gasteiger partial charge on any atom is 0.0544 e. The molecule has 49 heavy (non-hydrogen) atoms. The lowest BCUT2D eigenvalue weighted by Crippen LogP contribution is -2.18. The van der Waals surface area contributed by atoms with E-state index in [4.69, 9.17) is 0 Å². The summed E-state index contributed by atoms with van der Waals surface area (Å²) in [5.41, 5.74) is 14.5. The van der Waals surface area contributed by atoms with Crippen molar-refractivity contribution in [1.29, 1.82) is 0 Å². The van der Waals surface area contributed by atoms with Crippen molar-refractivity contribution >= 4 is 49.4 Å². The van der Waals surface area contributed by atoms with Crippen LogP contribution in [0.5, 0.6) is 0 Å². The zero-order chi connectivity index (χ0) is 33.1. The Morgan fingerprint density at radius 1 is 0.347 bits per heavy atom. The Morgan fingerprint density at radius 3 is 1.51 bits per heavy atom. The van der Waals surface area contributed by atoms with Crippen molar-refractivity contribution in [2.45, 2.75) is 38.5 Å². The Hall–Kier alpha value is -5.66. The molecule has 0 atom stereocenters. The van der Waals surface area contributed by atoms with Gasteiger partial charge in [-0.25, -0.2) is 0 Å². The lowest BCUT2D eigenvalue weighted by Gasteiger charge is -2.31. The summed E-state index contributed by atoms with van der Waals surface area (Å²) in [4.78, 5) is 2.53. The highest BCUT2D eigenvalue weighted by Crippen LogP contribution is 2.59. The van der Waals surface area contributed by atoms with Crippen molar-refractivity contribution in [1.82, 2.24) is 0 Å². The maximum absolute atomic E-state index is 2.54. The zero-order valence-corrected chi connectivity index (χ0v) is 28.4. The molecule has 0 amide bonds. The molecule has 0 fully saturated rings. The van der Waals surface area contributed by atoms with Gasteiger partial charge in [-0.1, -0.05) is 149 Å². The number of rotatable bonds is 3. The molecular weight excluding hydrogens is 591 g/mol. The largest absolute Gasteiger partial charge is 0.309 e. The van der Waals surface area contributed by atoms with Gasteiger partial charge in [-0.15, -0.1) is 0 Å². The van der Waals surface area contributed by atoms with E-state index in [1.54, 1.807) is 0 Å². The summed E-state index contributed by atoms with van der Waals surface area (Å²) in [7, 11) is 0. The van der Waals surface area contributed by atoms with Gasteiger partial charge in [-0.2, -0.15) is 0 Å². The van der Waals surface area contributed by atoms with Crippen LogP contribution in [-0.2, 0) is 10.8 Å². The van der Waals surface area contributed by atoms with Gasteiger partial charge in [0.25, 0.3) is 0 Å². The fourth-order valence-electron chi connectivity index (χ4n) is 9.14. The van der Waals surface area contributed by atoms with Gasteiger partial charge in [0, 0.05) is 27.0 Å². The van der Waals surface area contributed by atoms with E-state index < -0.39 is 0 Å². The molecule has 0 heterocycles. The summed E-state index contributed by atoms with van der Waals surface area (Å²) in [6, 6.07) is 56.6. The first-order valence-electron chi connectivity index (χ1n) is 17.5. The third-order valence-electron chi connectivity index (χ3n) is 11.6. The van der Waals surface area contributed by atoms with Crippen LogP contribution in [0.15, 0.2) is 152 Å². The molecule has 0 N–H and O–H groups in total. The second-order valence-electron chi connectivity index (χ2n) is 14.9. The molecule has 1 heteroatoms. The summed E-state index contributed by atoms with van der Waals surface area (Å²) in [5.74, 6) is 0. The first kappa shape index (κ1) is 28.4. The molecule has 8 aromatic rings. The monoisotopic (exact) mass is 627 g/mol. The van der Waals surface area contributed by atoms with E-state index in [-0.39, 0.29) is 10.8 Å². The summed E-state index contributed by atoms with van der Waals surface area (Å²) < 4.78 is 0. The van der Waals surface area contributed by atoms with Gasteiger partial charge in [0.2, 0.25) is 0 Å². The minimum absolute atomic E-state index is 0.0525. The normalized spacial score (nSPS) is 14.9. The van der Waals surface area contributed by atoms with E-state index in [0.717, 1.165) is 0 Å². The average molecular weight is 628 g/mol. The molecule has 2 aliphatic rings. The van der Waals surface area contributed by atoms with Gasteiger partial charge < -0.3 is 4.90 Å². The summed E-state index contributed by atoms with van der Waals surface area (Å²) in [6.45, 7) is 9.63. The molecule has 0 aromatic heterocycles. The third-order valence-corrected chi connectivity index (χ3v) is 11.6. The van der Waals surface area contributed by atoms with Crippen molar-refractivity contribution in [3.63, 3.8) is 0 Å². The Bertz CT molecular complexity index is 2580. The first-order chi connectivity index (χ1) is 23.8. The lowest BCUT2D eigenvalue weighted by atomic mass is 9.79. The molecule has 2 aliphatic carbocycles. The van der Waals surface area contributed by atoms with E-state index in [9.17, 15) is 0 Å². The number of hydrogen-bond acceptors (Lipinski definition) is 1. The fraction of sp³-hybridized carbons (Fsp3) is 0.125. The molecule has 0 spiro atoms. The zero-order valence-electron chi connectivity index (χ0n) is 28.4. The molecule has 0 aliphatic heterocycles. The van der Waals surface area contributed by atoms with Crippen molar-refractivity contribution < 1.29 is 0 Å². The summed E-state index contributed by atoms with van der Waals surface area (Å²) in [5, 5.41) is 7.51. The molecule has 234 valence electrons. The Balaban J connectivity index is 1.30. The molecule has 8 aromatic carbocycles. The predicted octanol–water partition coefficient (Wildman–Crippen LogP) is 13.2. The SMILES string of the molecule is CC1(C)c2ccccc2-c2cc3c(cc21)-c1c(cc(N(c2cccc4ccccc24)c2cccc4ccccc24)c2ccccc12)C3(C)C. The van der Waals surface area contributed by atoms with Crippen LogP contribution in [0.2, 0.25) is 0 Å². The predicted molar refractivity (Wildman–Crippen MR) is 209 cm³/mol. The summed E-state index contributed by atoms with van der Waals surface area (Å²) in [6.07, 6.45) is 0. The van der Waals surface area contributed by atoms with Crippen molar-refractivity contribution in [2.24, 2.45) is 0 Å². The van der Waals surface area contributed by atoms with Gasteiger partial charge >= 0.3 is 0 Å². The minimum atomic E-state index is -0.191. The number of fused-ring (bicyclic) bond motifs is 10. The van der Waals surface area contributed by atoms with Gasteiger partial charge in [-0.05, 0) is 91.0 Å². The Labute approximate surface area is 288 Å². The quantitative estimate of drug-likeness (QED) is 0.188. The average Bonchev–Trinajstić information content (AvgIpc) is 3.50. The molecule has 0 saturated carbocycles. The van der Waals surface area contributed by atoms with Crippen LogP contribution in [0.1, 0.15) is 49.9 Å². The molecule has 0 unspecified atom stereocenters. The lowest BCUT2D eigenvalue weighted by molar-refractivity contribution is 0.652. The third kappa shape index (κ3) is 3.82. The van der Waals surface area contributed by atoms with Gasteiger partial charge in [0.15, 0.2) is 0 Å². The van der Waals surface area contributed by atoms with Crippen LogP contribution >= 0.6 is 0 Å². The van der Waals surface area contributed by atoms with Gasteiger partial charge in [0.1, 0.15) is 0 Å². The van der Waals surface area contributed by atoms with E-state index in [1.807, 2.05) is 0 Å². The topological polar surface area (TPSA) is 3.24 Å². The highest BCUT2D eigenvalue weighted by atomic mass is 15.1. The minimum Gasteiger partial charge on any atom is -0.309 e. The standard InChI is InChI=1S/C48H37N/c1-47(2)39-24-12-11-21-34(39)37-27-41-38(28-40(37)47)46-36-23-10-9-22-35(36)45(29-42(46)48(41,3)4)49(43-25-13-17-30-15-5-7-19-32(30)43)44-26-14-18-31-16-6-8-20-33(31)44/h5-29H,1-4H3. The molecule has 0 radical (unpaired) electrons. The van der Waals surface area contributed by atoms with E-state index in [0.29, 0.717) is 0 Å². The van der Waals surface area contributed by atoms with Crippen molar-refractivity contribution in [3.8, 4) is 22.3 Å². The van der Waals surface area contributed by atoms with Crippen LogP contribution in [-0.4, -0.2) is 0 Å². The van der Waals surface area contributed by atoms with Crippen LogP contribution in [0.25, 0.3) is 54.6 Å². The fourth-order valence-corrected chi connectivity index (χ4v) is 9.14. The number of nitrogens with zero attached hydrogens (tertiary/aromatic N) is 1. The van der Waals surface area contributed by atoms with Crippen LogP contribution < -0.4 is 4.90 Å².